The van der Waals surface area contributed by atoms with E-state index in [-0.39, 0.29) is 11.7 Å². The van der Waals surface area contributed by atoms with Gasteiger partial charge in [-0.25, -0.2) is 0 Å². The monoisotopic (exact) mass is 489 g/mol. The molecule has 9 heteroatoms. The molecule has 4 aromatic rings. The first-order valence-corrected chi connectivity index (χ1v) is 12.5. The minimum Gasteiger partial charge on any atom is -0.300 e. The van der Waals surface area contributed by atoms with Crippen LogP contribution in [0.15, 0.2) is 72.8 Å². The summed E-state index contributed by atoms with van der Waals surface area (Å²) in [6, 6.07) is 19.3. The average molecular weight is 490 g/mol. The molecule has 2 heterocycles. The summed E-state index contributed by atoms with van der Waals surface area (Å²) >= 11 is 2.82. The van der Waals surface area contributed by atoms with E-state index in [4.69, 9.17) is 0 Å². The van der Waals surface area contributed by atoms with E-state index in [1.54, 1.807) is 0 Å². The summed E-state index contributed by atoms with van der Waals surface area (Å²) in [4.78, 5) is 24.4. The van der Waals surface area contributed by atoms with Crippen LogP contribution in [0.2, 0.25) is 0 Å². The number of hydrogen-bond donors (Lipinski definition) is 1. The van der Waals surface area contributed by atoms with Crippen LogP contribution in [0.25, 0.3) is 0 Å². The molecule has 0 aliphatic heterocycles. The zero-order valence-corrected chi connectivity index (χ0v) is 20.0. The van der Waals surface area contributed by atoms with E-state index in [0.717, 1.165) is 26.1 Å². The molecule has 2 aromatic heterocycles. The number of Topliss-reactive ketones (excluding diaryl/α,β-unsaturated/α-hetero) is 1. The molecule has 0 aliphatic carbocycles. The van der Waals surface area contributed by atoms with Gasteiger partial charge in [-0.2, -0.15) is 0 Å². The molecule has 0 spiro atoms. The van der Waals surface area contributed by atoms with Crippen LogP contribution in [0, 0.1) is 0 Å². The first-order valence-electron chi connectivity index (χ1n) is 10.8. The number of amides is 1. The number of nitrogens with zero attached hydrogens (tertiary/aromatic N) is 4. The highest BCUT2D eigenvalue weighted by molar-refractivity contribution is 7.15. The van der Waals surface area contributed by atoms with Crippen molar-refractivity contribution < 1.29 is 9.59 Å². The lowest BCUT2D eigenvalue weighted by molar-refractivity contribution is -0.118. The molecule has 172 valence electrons. The lowest BCUT2D eigenvalue weighted by atomic mass is 10.1. The van der Waals surface area contributed by atoms with E-state index < -0.39 is 0 Å². The fraction of sp³-hybridized carbons (Fsp3) is 0.200. The summed E-state index contributed by atoms with van der Waals surface area (Å²) in [7, 11) is 0. The van der Waals surface area contributed by atoms with Crippen molar-refractivity contribution in [3.8, 4) is 0 Å². The Bertz CT molecular complexity index is 1150. The number of aromatic nitrogens is 4. The van der Waals surface area contributed by atoms with Gasteiger partial charge in [0.05, 0.1) is 12.8 Å². The number of allylic oxidation sites excluding steroid dienone is 2. The lowest BCUT2D eigenvalue weighted by Gasteiger charge is -2.00. The summed E-state index contributed by atoms with van der Waals surface area (Å²) in [5.74, 6) is 0.0196. The molecule has 4 rings (SSSR count). The van der Waals surface area contributed by atoms with Gasteiger partial charge < -0.3 is 5.32 Å². The van der Waals surface area contributed by atoms with E-state index in [9.17, 15) is 9.59 Å². The second-order valence-corrected chi connectivity index (χ2v) is 9.77. The molecule has 1 amide bonds. The molecule has 0 saturated heterocycles. The van der Waals surface area contributed by atoms with Crippen molar-refractivity contribution in [2.24, 2.45) is 0 Å². The van der Waals surface area contributed by atoms with E-state index in [0.29, 0.717) is 37.2 Å². The highest BCUT2D eigenvalue weighted by Crippen LogP contribution is 2.17. The molecule has 0 radical (unpaired) electrons. The van der Waals surface area contributed by atoms with Crippen LogP contribution in [0.4, 0.5) is 5.13 Å². The minimum absolute atomic E-state index is 0.112. The molecule has 34 heavy (non-hydrogen) atoms. The third kappa shape index (κ3) is 7.50. The molecule has 2 aromatic carbocycles. The number of carbonyl (C=O) groups is 2. The number of rotatable bonds is 11. The third-order valence-electron chi connectivity index (χ3n) is 4.77. The predicted molar refractivity (Wildman–Crippen MR) is 134 cm³/mol. The quantitative estimate of drug-likeness (QED) is 0.316. The number of ketones is 1. The second kappa shape index (κ2) is 12.1. The molecule has 1 N–H and O–H groups in total. The Kier molecular flexibility index (Phi) is 8.37. The largest absolute Gasteiger partial charge is 0.300 e. The summed E-state index contributed by atoms with van der Waals surface area (Å²) in [6.07, 6.45) is 6.28. The van der Waals surface area contributed by atoms with Crippen LogP contribution in [0.5, 0.6) is 0 Å². The standard InChI is InChI=1S/C25H23N5O2S2/c31-20(15-18-9-3-1-4-10-18)17-24-29-27-22(33-24)13-7-8-14-23-28-30-25(34-23)26-21(32)16-19-11-5-2-6-12-19/h1-12H,13-17H2,(H,26,30,32)/b8-7+. The minimum atomic E-state index is -0.112. The van der Waals surface area contributed by atoms with Crippen LogP contribution >= 0.6 is 22.7 Å². The van der Waals surface area contributed by atoms with Crippen molar-refractivity contribution in [1.29, 1.82) is 0 Å². The number of anilines is 1. The average Bonchev–Trinajstić information content (AvgIpc) is 3.47. The first kappa shape index (κ1) is 23.6. The topological polar surface area (TPSA) is 97.7 Å². The van der Waals surface area contributed by atoms with E-state index in [2.05, 4.69) is 25.7 Å². The maximum Gasteiger partial charge on any atom is 0.230 e. The van der Waals surface area contributed by atoms with Crippen LogP contribution in [0.1, 0.15) is 26.1 Å². The highest BCUT2D eigenvalue weighted by atomic mass is 32.1. The van der Waals surface area contributed by atoms with Crippen molar-refractivity contribution in [3.05, 3.63) is 99.0 Å². The smallest absolute Gasteiger partial charge is 0.230 e. The fourth-order valence-electron chi connectivity index (χ4n) is 3.20. The predicted octanol–water partition coefficient (Wildman–Crippen LogP) is 4.27. The molecule has 7 nitrogen and oxygen atoms in total. The summed E-state index contributed by atoms with van der Waals surface area (Å²) < 4.78 is 0. The van der Waals surface area contributed by atoms with Gasteiger partial charge in [0.2, 0.25) is 11.0 Å². The SMILES string of the molecule is O=C(Cc1ccccc1)Cc1nnc(C/C=C/Cc2nnc(NC(=O)Cc3ccccc3)s2)s1. The van der Waals surface area contributed by atoms with Gasteiger partial charge in [0.15, 0.2) is 0 Å². The van der Waals surface area contributed by atoms with E-state index in [1.807, 2.05) is 72.8 Å². The molecular weight excluding hydrogens is 466 g/mol. The van der Waals surface area contributed by atoms with Gasteiger partial charge in [-0.15, -0.1) is 31.7 Å². The Morgan fingerprint density at radius 2 is 1.24 bits per heavy atom. The second-order valence-electron chi connectivity index (χ2n) is 7.56. The third-order valence-corrected chi connectivity index (χ3v) is 6.58. The Morgan fingerprint density at radius 1 is 0.676 bits per heavy atom. The number of carbonyl (C=O) groups excluding carboxylic acids is 2. The Hall–Kier alpha value is -3.56. The first-order chi connectivity index (χ1) is 16.6. The van der Waals surface area contributed by atoms with Crippen molar-refractivity contribution in [1.82, 2.24) is 20.4 Å². The zero-order valence-electron chi connectivity index (χ0n) is 18.4. The van der Waals surface area contributed by atoms with Gasteiger partial charge >= 0.3 is 0 Å². The number of hydrogen-bond acceptors (Lipinski definition) is 8. The molecule has 0 fully saturated rings. The maximum absolute atomic E-state index is 12.3. The number of nitrogens with one attached hydrogen (secondary N) is 1. The molecule has 0 unspecified atom stereocenters. The van der Waals surface area contributed by atoms with Gasteiger partial charge in [-0.3, -0.25) is 9.59 Å². The maximum atomic E-state index is 12.3. The van der Waals surface area contributed by atoms with Gasteiger partial charge in [0.25, 0.3) is 0 Å². The Balaban J connectivity index is 1.19. The van der Waals surface area contributed by atoms with Crippen molar-refractivity contribution in [3.63, 3.8) is 0 Å². The molecule has 0 bridgehead atoms. The fourth-order valence-corrected chi connectivity index (χ4v) is 4.78. The summed E-state index contributed by atoms with van der Waals surface area (Å²) in [5, 5.41) is 22.2. The van der Waals surface area contributed by atoms with Crippen molar-refractivity contribution in [2.45, 2.75) is 32.1 Å². The normalized spacial score (nSPS) is 11.1. The van der Waals surface area contributed by atoms with E-state index in [1.165, 1.54) is 22.7 Å². The molecular formula is C25H23N5O2S2. The van der Waals surface area contributed by atoms with Crippen LogP contribution in [0.3, 0.4) is 0 Å². The summed E-state index contributed by atoms with van der Waals surface area (Å²) in [6.45, 7) is 0. The lowest BCUT2D eigenvalue weighted by Crippen LogP contribution is -2.14. The Labute approximate surface area is 205 Å². The van der Waals surface area contributed by atoms with Crippen LogP contribution in [-0.2, 0) is 41.7 Å². The molecule has 0 atom stereocenters. The van der Waals surface area contributed by atoms with Crippen molar-refractivity contribution >= 4 is 39.5 Å². The van der Waals surface area contributed by atoms with E-state index >= 15 is 0 Å². The summed E-state index contributed by atoms with van der Waals surface area (Å²) in [5.41, 5.74) is 1.96. The van der Waals surface area contributed by atoms with Gasteiger partial charge in [0.1, 0.15) is 20.8 Å². The van der Waals surface area contributed by atoms with Crippen molar-refractivity contribution in [2.75, 3.05) is 5.32 Å². The molecule has 0 aliphatic rings. The zero-order chi connectivity index (χ0) is 23.6. The van der Waals surface area contributed by atoms with Crippen LogP contribution in [-0.4, -0.2) is 32.1 Å². The van der Waals surface area contributed by atoms with Gasteiger partial charge in [-0.1, -0.05) is 84.2 Å². The Morgan fingerprint density at radius 3 is 1.91 bits per heavy atom. The van der Waals surface area contributed by atoms with Crippen LogP contribution < -0.4 is 5.32 Å². The van der Waals surface area contributed by atoms with Gasteiger partial charge in [-0.05, 0) is 11.1 Å². The van der Waals surface area contributed by atoms with Gasteiger partial charge in [0, 0.05) is 19.3 Å². The number of benzene rings is 2. The highest BCUT2D eigenvalue weighted by Gasteiger charge is 2.10. The molecule has 0 saturated carbocycles.